The molecule has 0 bridgehead atoms. The van der Waals surface area contributed by atoms with Gasteiger partial charge in [-0.15, -0.1) is 0 Å². The Morgan fingerprint density at radius 2 is 2.10 bits per heavy atom. The first-order valence-corrected chi connectivity index (χ1v) is 6.93. The standard InChI is InChI=1S/C15H14ClN3O/c16-13-4-3-12(15-11(13)2-1-5-18-15)14(10-17)19-6-8-20-9-7-19/h1-5,14H,6-9H2. The lowest BCUT2D eigenvalue weighted by molar-refractivity contribution is 0.0268. The lowest BCUT2D eigenvalue weighted by Crippen LogP contribution is -2.38. The lowest BCUT2D eigenvalue weighted by atomic mass is 10.0. The van der Waals surface area contributed by atoms with E-state index in [0.29, 0.717) is 18.2 Å². The van der Waals surface area contributed by atoms with E-state index in [-0.39, 0.29) is 6.04 Å². The number of nitriles is 1. The predicted octanol–water partition coefficient (Wildman–Crippen LogP) is 2.79. The van der Waals surface area contributed by atoms with Gasteiger partial charge in [-0.2, -0.15) is 5.26 Å². The smallest absolute Gasteiger partial charge is 0.126 e. The summed E-state index contributed by atoms with van der Waals surface area (Å²) in [4.78, 5) is 6.54. The van der Waals surface area contributed by atoms with E-state index in [4.69, 9.17) is 16.3 Å². The average molecular weight is 288 g/mol. The maximum Gasteiger partial charge on any atom is 0.126 e. The third-order valence-electron chi connectivity index (χ3n) is 3.58. The molecule has 4 nitrogen and oxygen atoms in total. The van der Waals surface area contributed by atoms with E-state index in [1.54, 1.807) is 6.20 Å². The molecule has 3 rings (SSSR count). The average Bonchev–Trinajstić information content (AvgIpc) is 2.52. The van der Waals surface area contributed by atoms with Crippen molar-refractivity contribution in [3.8, 4) is 6.07 Å². The summed E-state index contributed by atoms with van der Waals surface area (Å²) >= 11 is 6.21. The van der Waals surface area contributed by atoms with Gasteiger partial charge in [0.2, 0.25) is 0 Å². The van der Waals surface area contributed by atoms with Crippen LogP contribution in [0.1, 0.15) is 11.6 Å². The first-order valence-electron chi connectivity index (χ1n) is 6.56. The Hall–Kier alpha value is -1.67. The highest BCUT2D eigenvalue weighted by molar-refractivity contribution is 6.35. The van der Waals surface area contributed by atoms with Gasteiger partial charge < -0.3 is 4.74 Å². The van der Waals surface area contributed by atoms with E-state index in [1.165, 1.54) is 0 Å². The molecule has 0 N–H and O–H groups in total. The van der Waals surface area contributed by atoms with Gasteiger partial charge >= 0.3 is 0 Å². The molecule has 0 saturated carbocycles. The third-order valence-corrected chi connectivity index (χ3v) is 3.90. The molecule has 2 aromatic rings. The van der Waals surface area contributed by atoms with E-state index >= 15 is 0 Å². The number of hydrogen-bond acceptors (Lipinski definition) is 4. The second-order valence-corrected chi connectivity index (χ2v) is 5.12. The van der Waals surface area contributed by atoms with Crippen LogP contribution in [0.25, 0.3) is 10.9 Å². The fourth-order valence-electron chi connectivity index (χ4n) is 2.56. The molecule has 0 aliphatic carbocycles. The van der Waals surface area contributed by atoms with Crippen LogP contribution in [0.15, 0.2) is 30.5 Å². The number of nitrogens with zero attached hydrogens (tertiary/aromatic N) is 3. The summed E-state index contributed by atoms with van der Waals surface area (Å²) in [6.07, 6.45) is 1.73. The van der Waals surface area contributed by atoms with Gasteiger partial charge in [0.25, 0.3) is 0 Å². The molecule has 102 valence electrons. The highest BCUT2D eigenvalue weighted by Gasteiger charge is 2.24. The van der Waals surface area contributed by atoms with Gasteiger partial charge in [0.05, 0.1) is 24.8 Å². The number of morpholine rings is 1. The molecule has 1 atom stereocenters. The molecule has 1 aliphatic heterocycles. The number of aromatic nitrogens is 1. The van der Waals surface area contributed by atoms with Crippen molar-refractivity contribution in [2.75, 3.05) is 26.3 Å². The fraction of sp³-hybridized carbons (Fsp3) is 0.333. The summed E-state index contributed by atoms with van der Waals surface area (Å²) in [5.74, 6) is 0. The number of benzene rings is 1. The van der Waals surface area contributed by atoms with E-state index in [1.807, 2.05) is 24.3 Å². The minimum Gasteiger partial charge on any atom is -0.379 e. The van der Waals surface area contributed by atoms with Crippen LogP contribution in [0.2, 0.25) is 5.02 Å². The topological polar surface area (TPSA) is 49.2 Å². The highest BCUT2D eigenvalue weighted by atomic mass is 35.5. The van der Waals surface area contributed by atoms with Crippen LogP contribution in [0, 0.1) is 11.3 Å². The Morgan fingerprint density at radius 1 is 1.30 bits per heavy atom. The summed E-state index contributed by atoms with van der Waals surface area (Å²) in [5, 5.41) is 11.1. The molecule has 2 heterocycles. The minimum atomic E-state index is -0.312. The maximum atomic E-state index is 9.57. The van der Waals surface area contributed by atoms with Crippen molar-refractivity contribution in [3.63, 3.8) is 0 Å². The summed E-state index contributed by atoms with van der Waals surface area (Å²) in [5.41, 5.74) is 1.72. The summed E-state index contributed by atoms with van der Waals surface area (Å²) in [6, 6.07) is 9.61. The second-order valence-electron chi connectivity index (χ2n) is 4.72. The fourth-order valence-corrected chi connectivity index (χ4v) is 2.78. The number of hydrogen-bond donors (Lipinski definition) is 0. The molecule has 0 amide bonds. The molecule has 20 heavy (non-hydrogen) atoms. The van der Waals surface area contributed by atoms with Gasteiger partial charge in [-0.05, 0) is 18.2 Å². The highest BCUT2D eigenvalue weighted by Crippen LogP contribution is 2.31. The van der Waals surface area contributed by atoms with Gasteiger partial charge in [0.15, 0.2) is 0 Å². The Morgan fingerprint density at radius 3 is 2.85 bits per heavy atom. The number of halogens is 1. The zero-order chi connectivity index (χ0) is 13.9. The zero-order valence-corrected chi connectivity index (χ0v) is 11.7. The maximum absolute atomic E-state index is 9.57. The number of ether oxygens (including phenoxy) is 1. The van der Waals surface area contributed by atoms with E-state index in [2.05, 4.69) is 16.0 Å². The van der Waals surface area contributed by atoms with Crippen LogP contribution in [0.4, 0.5) is 0 Å². The second kappa shape index (κ2) is 5.76. The molecular weight excluding hydrogens is 274 g/mol. The van der Waals surface area contributed by atoms with Crippen molar-refractivity contribution in [1.82, 2.24) is 9.88 Å². The molecule has 5 heteroatoms. The molecule has 1 saturated heterocycles. The van der Waals surface area contributed by atoms with E-state index < -0.39 is 0 Å². The SMILES string of the molecule is N#CC(c1ccc(Cl)c2cccnc12)N1CCOCC1. The van der Waals surface area contributed by atoms with Crippen LogP contribution in [0.3, 0.4) is 0 Å². The van der Waals surface area contributed by atoms with Crippen LogP contribution in [0.5, 0.6) is 0 Å². The Bertz CT molecular complexity index is 662. The van der Waals surface area contributed by atoms with Crippen LogP contribution < -0.4 is 0 Å². The van der Waals surface area contributed by atoms with Crippen molar-refractivity contribution >= 4 is 22.5 Å². The summed E-state index contributed by atoms with van der Waals surface area (Å²) in [7, 11) is 0. The first kappa shape index (κ1) is 13.3. The molecule has 0 radical (unpaired) electrons. The Labute approximate surface area is 122 Å². The largest absolute Gasteiger partial charge is 0.379 e. The molecule has 1 aliphatic rings. The van der Waals surface area contributed by atoms with Gasteiger partial charge in [0, 0.05) is 35.3 Å². The van der Waals surface area contributed by atoms with E-state index in [9.17, 15) is 5.26 Å². The molecule has 1 unspecified atom stereocenters. The Kier molecular flexibility index (Phi) is 3.83. The zero-order valence-electron chi connectivity index (χ0n) is 10.9. The van der Waals surface area contributed by atoms with Gasteiger partial charge in [-0.25, -0.2) is 0 Å². The summed E-state index contributed by atoms with van der Waals surface area (Å²) < 4.78 is 5.35. The van der Waals surface area contributed by atoms with Crippen LogP contribution >= 0.6 is 11.6 Å². The summed E-state index contributed by atoms with van der Waals surface area (Å²) in [6.45, 7) is 2.85. The van der Waals surface area contributed by atoms with Gasteiger partial charge in [0.1, 0.15) is 6.04 Å². The van der Waals surface area contributed by atoms with Crippen molar-refractivity contribution in [1.29, 1.82) is 5.26 Å². The molecule has 1 aromatic carbocycles. The van der Waals surface area contributed by atoms with Crippen LogP contribution in [-0.2, 0) is 4.74 Å². The molecule has 1 fully saturated rings. The normalized spacial score (nSPS) is 17.8. The van der Waals surface area contributed by atoms with Crippen molar-refractivity contribution in [3.05, 3.63) is 41.0 Å². The number of rotatable bonds is 2. The van der Waals surface area contributed by atoms with Crippen molar-refractivity contribution in [2.45, 2.75) is 6.04 Å². The molecule has 1 aromatic heterocycles. The van der Waals surface area contributed by atoms with Crippen molar-refractivity contribution in [2.24, 2.45) is 0 Å². The quantitative estimate of drug-likeness (QED) is 0.852. The van der Waals surface area contributed by atoms with Crippen LogP contribution in [-0.4, -0.2) is 36.2 Å². The molecule has 0 spiro atoms. The molecular formula is C15H14ClN3O. The lowest BCUT2D eigenvalue weighted by Gasteiger charge is -2.31. The predicted molar refractivity (Wildman–Crippen MR) is 77.5 cm³/mol. The monoisotopic (exact) mass is 287 g/mol. The van der Waals surface area contributed by atoms with Crippen molar-refractivity contribution < 1.29 is 4.74 Å². The number of fused-ring (bicyclic) bond motifs is 1. The first-order chi connectivity index (χ1) is 9.81. The minimum absolute atomic E-state index is 0.312. The Balaban J connectivity index is 2.08. The number of pyridine rings is 1. The third kappa shape index (κ3) is 2.36. The van der Waals surface area contributed by atoms with E-state index in [0.717, 1.165) is 29.6 Å². The van der Waals surface area contributed by atoms with Gasteiger partial charge in [-0.3, -0.25) is 9.88 Å². The van der Waals surface area contributed by atoms with Gasteiger partial charge in [-0.1, -0.05) is 17.7 Å².